The molecule has 0 fully saturated rings. The van der Waals surface area contributed by atoms with Gasteiger partial charge in [-0.1, -0.05) is 20.8 Å². The zero-order valence-corrected chi connectivity index (χ0v) is 8.40. The van der Waals surface area contributed by atoms with Crippen molar-refractivity contribution < 1.29 is 14.8 Å². The van der Waals surface area contributed by atoms with E-state index in [0.717, 1.165) is 0 Å². The van der Waals surface area contributed by atoms with Gasteiger partial charge < -0.3 is 15.8 Å². The van der Waals surface area contributed by atoms with Gasteiger partial charge in [0.2, 0.25) is 0 Å². The van der Waals surface area contributed by atoms with Crippen LogP contribution < -0.4 is 5.73 Å². The Bertz CT molecular complexity index is 173. The van der Waals surface area contributed by atoms with Crippen molar-refractivity contribution in [1.82, 2.24) is 0 Å². The van der Waals surface area contributed by atoms with Crippen LogP contribution in [0.5, 0.6) is 0 Å². The first-order valence-corrected chi connectivity index (χ1v) is 4.50. The van der Waals surface area contributed by atoms with Gasteiger partial charge in [-0.25, -0.2) is 0 Å². The maximum absolute atomic E-state index is 11.4. The summed E-state index contributed by atoms with van der Waals surface area (Å²) in [5.74, 6) is -0.469. The van der Waals surface area contributed by atoms with Crippen LogP contribution in [-0.2, 0) is 4.79 Å². The second-order valence-electron chi connectivity index (χ2n) is 3.83. The smallest absolute Gasteiger partial charge is 0.427 e. The van der Waals surface area contributed by atoms with Crippen molar-refractivity contribution in [2.75, 3.05) is 0 Å². The van der Waals surface area contributed by atoms with Crippen LogP contribution in [0.25, 0.3) is 0 Å². The number of carbonyl (C=O) groups is 1. The second-order valence-corrected chi connectivity index (χ2v) is 3.83. The molecule has 0 aromatic heterocycles. The molecule has 5 heteroatoms. The number of nitrogens with two attached hydrogens (primary N) is 1. The number of carbonyl (C=O) groups excluding carboxylic acids is 1. The predicted octanol–water partition coefficient (Wildman–Crippen LogP) is -0.208. The van der Waals surface area contributed by atoms with E-state index in [4.69, 9.17) is 15.8 Å². The average molecular weight is 187 g/mol. The molecule has 0 aliphatic heterocycles. The highest BCUT2D eigenvalue weighted by Gasteiger charge is 2.25. The molecule has 2 atom stereocenters. The van der Waals surface area contributed by atoms with Gasteiger partial charge in [-0.2, -0.15) is 0 Å². The summed E-state index contributed by atoms with van der Waals surface area (Å²) in [7, 11) is -1.44. The Morgan fingerprint density at radius 3 is 2.15 bits per heavy atom. The Kier molecular flexibility index (Phi) is 5.21. The molecule has 0 radical (unpaired) electrons. The summed E-state index contributed by atoms with van der Waals surface area (Å²) < 4.78 is 0. The van der Waals surface area contributed by atoms with Crippen LogP contribution in [0, 0.1) is 5.92 Å². The van der Waals surface area contributed by atoms with Crippen LogP contribution in [0.1, 0.15) is 27.2 Å². The third kappa shape index (κ3) is 4.40. The van der Waals surface area contributed by atoms with Crippen molar-refractivity contribution in [3.05, 3.63) is 0 Å². The van der Waals surface area contributed by atoms with Gasteiger partial charge in [0.25, 0.3) is 0 Å². The Hall–Kier alpha value is -0.385. The Morgan fingerprint density at radius 2 is 1.85 bits per heavy atom. The van der Waals surface area contributed by atoms with Crippen LogP contribution in [0.15, 0.2) is 0 Å². The molecule has 0 saturated carbocycles. The van der Waals surface area contributed by atoms with Crippen LogP contribution in [-0.4, -0.2) is 29.0 Å². The summed E-state index contributed by atoms with van der Waals surface area (Å²) in [6, 6.07) is -0.499. The Labute approximate surface area is 79.3 Å². The fourth-order valence-corrected chi connectivity index (χ4v) is 0.931. The third-order valence-electron chi connectivity index (χ3n) is 2.12. The molecule has 0 heterocycles. The van der Waals surface area contributed by atoms with E-state index in [1.807, 2.05) is 13.8 Å². The predicted molar refractivity (Wildman–Crippen MR) is 52.1 cm³/mol. The fourth-order valence-electron chi connectivity index (χ4n) is 0.931. The molecule has 0 amide bonds. The topological polar surface area (TPSA) is 83.6 Å². The van der Waals surface area contributed by atoms with Crippen LogP contribution in [0.4, 0.5) is 0 Å². The molecule has 4 nitrogen and oxygen atoms in total. The van der Waals surface area contributed by atoms with Crippen LogP contribution >= 0.6 is 0 Å². The zero-order chi connectivity index (χ0) is 10.6. The summed E-state index contributed by atoms with van der Waals surface area (Å²) in [5.41, 5.74) is 5.60. The van der Waals surface area contributed by atoms with Gasteiger partial charge in [0.05, 0.1) is 6.04 Å². The monoisotopic (exact) mass is 187 g/mol. The molecule has 4 N–H and O–H groups in total. The highest BCUT2D eigenvalue weighted by molar-refractivity contribution is 6.43. The summed E-state index contributed by atoms with van der Waals surface area (Å²) in [6.07, 6.45) is 0.122. The molecule has 0 unspecified atom stereocenters. The lowest BCUT2D eigenvalue weighted by molar-refractivity contribution is -0.121. The summed E-state index contributed by atoms with van der Waals surface area (Å²) in [4.78, 5) is 11.4. The van der Waals surface area contributed by atoms with Crippen LogP contribution in [0.2, 0.25) is 5.82 Å². The van der Waals surface area contributed by atoms with E-state index in [2.05, 4.69) is 0 Å². The van der Waals surface area contributed by atoms with Gasteiger partial charge in [-0.15, -0.1) is 0 Å². The van der Waals surface area contributed by atoms with Gasteiger partial charge in [-0.3, -0.25) is 4.79 Å². The summed E-state index contributed by atoms with van der Waals surface area (Å²) in [5, 5.41) is 17.5. The van der Waals surface area contributed by atoms with Crippen molar-refractivity contribution in [3.8, 4) is 0 Å². The van der Waals surface area contributed by atoms with E-state index >= 15 is 0 Å². The van der Waals surface area contributed by atoms with Gasteiger partial charge in [-0.05, 0) is 11.7 Å². The molecular formula is C8H18BNO3. The normalized spacial score (nSPS) is 15.6. The van der Waals surface area contributed by atoms with Gasteiger partial charge in [0.15, 0.2) is 0 Å². The highest BCUT2D eigenvalue weighted by atomic mass is 16.4. The lowest BCUT2D eigenvalue weighted by Crippen LogP contribution is -2.37. The molecule has 13 heavy (non-hydrogen) atoms. The SMILES string of the molecule is CC(C)[C@H](N)C(=O)C[C@@H](C)B(O)O. The first-order valence-electron chi connectivity index (χ1n) is 4.50. The van der Waals surface area contributed by atoms with E-state index in [1.165, 1.54) is 0 Å². The van der Waals surface area contributed by atoms with Crippen molar-refractivity contribution in [3.63, 3.8) is 0 Å². The van der Waals surface area contributed by atoms with E-state index in [-0.39, 0.29) is 18.1 Å². The standard InChI is InChI=1S/C8H18BNO3/c1-5(2)8(10)7(11)4-6(3)9(12)13/h5-6,8,12-13H,4,10H2,1-3H3/t6-,8+/m1/s1. The van der Waals surface area contributed by atoms with Gasteiger partial charge >= 0.3 is 7.12 Å². The minimum atomic E-state index is -1.44. The minimum Gasteiger partial charge on any atom is -0.427 e. The zero-order valence-electron chi connectivity index (χ0n) is 8.40. The largest absolute Gasteiger partial charge is 0.454 e. The number of ketones is 1. The first-order chi connectivity index (χ1) is 5.86. The van der Waals surface area contributed by atoms with Crippen LogP contribution in [0.3, 0.4) is 0 Å². The molecule has 0 aromatic rings. The Balaban J connectivity index is 4.00. The molecule has 0 aliphatic carbocycles. The fraction of sp³-hybridized carbons (Fsp3) is 0.875. The maximum atomic E-state index is 11.4. The minimum absolute atomic E-state index is 0.0931. The van der Waals surface area contributed by atoms with E-state index < -0.39 is 19.0 Å². The van der Waals surface area contributed by atoms with Gasteiger partial charge in [0, 0.05) is 6.42 Å². The number of rotatable bonds is 5. The lowest BCUT2D eigenvalue weighted by atomic mass is 9.70. The number of hydrogen-bond acceptors (Lipinski definition) is 4. The van der Waals surface area contributed by atoms with Crippen molar-refractivity contribution in [1.29, 1.82) is 0 Å². The molecule has 0 rings (SSSR count). The lowest BCUT2D eigenvalue weighted by Gasteiger charge is -2.16. The summed E-state index contributed by atoms with van der Waals surface area (Å²) >= 11 is 0. The number of hydrogen-bond donors (Lipinski definition) is 3. The van der Waals surface area contributed by atoms with E-state index in [0.29, 0.717) is 0 Å². The second kappa shape index (κ2) is 5.37. The van der Waals surface area contributed by atoms with Crippen molar-refractivity contribution >= 4 is 12.9 Å². The van der Waals surface area contributed by atoms with Crippen molar-refractivity contribution in [2.24, 2.45) is 11.7 Å². The molecule has 0 saturated heterocycles. The molecule has 0 bridgehead atoms. The Morgan fingerprint density at radius 1 is 1.38 bits per heavy atom. The highest BCUT2D eigenvalue weighted by Crippen LogP contribution is 2.14. The summed E-state index contributed by atoms with van der Waals surface area (Å²) in [6.45, 7) is 5.33. The molecule has 0 aliphatic rings. The first kappa shape index (κ1) is 12.6. The average Bonchev–Trinajstić information content (AvgIpc) is 2.02. The molecule has 0 spiro atoms. The molecule has 76 valence electrons. The van der Waals surface area contributed by atoms with Crippen molar-refractivity contribution in [2.45, 2.75) is 39.1 Å². The van der Waals surface area contributed by atoms with E-state index in [1.54, 1.807) is 6.92 Å². The molecule has 0 aromatic carbocycles. The molecular weight excluding hydrogens is 169 g/mol. The van der Waals surface area contributed by atoms with Gasteiger partial charge in [0.1, 0.15) is 5.78 Å². The maximum Gasteiger partial charge on any atom is 0.454 e. The third-order valence-corrected chi connectivity index (χ3v) is 2.12. The van der Waals surface area contributed by atoms with E-state index in [9.17, 15) is 4.79 Å². The quantitative estimate of drug-likeness (QED) is 0.520. The number of Topliss-reactive ketones (excluding diaryl/α,β-unsaturated/α-hetero) is 1.